The second kappa shape index (κ2) is 16.6. The van der Waals surface area contributed by atoms with E-state index in [0.29, 0.717) is 0 Å². The summed E-state index contributed by atoms with van der Waals surface area (Å²) in [6, 6.07) is 86.1. The van der Waals surface area contributed by atoms with Crippen LogP contribution in [0, 0.1) is 0 Å². The summed E-state index contributed by atoms with van der Waals surface area (Å²) < 4.78 is 7.00. The number of hydrogen-bond acceptors (Lipinski definition) is 3. The summed E-state index contributed by atoms with van der Waals surface area (Å²) in [5.74, 6) is 1.75. The van der Waals surface area contributed by atoms with Gasteiger partial charge in [0.2, 0.25) is 0 Å². The predicted molar refractivity (Wildman–Crippen MR) is 312 cm³/mol. The summed E-state index contributed by atoms with van der Waals surface area (Å²) in [6.45, 7) is 14.5. The molecule has 72 heavy (non-hydrogen) atoms. The minimum atomic E-state index is -1.57. The number of hydrogen-bond donors (Lipinski definition) is 0. The highest BCUT2D eigenvalue weighted by Crippen LogP contribution is 2.67. The van der Waals surface area contributed by atoms with Gasteiger partial charge in [-0.1, -0.05) is 201 Å². The molecule has 1 spiro atoms. The molecule has 0 fully saturated rings. The van der Waals surface area contributed by atoms with Crippen LogP contribution in [-0.4, -0.2) is 16.1 Å². The highest BCUT2D eigenvalue weighted by atomic mass is 28.3. The number of benzene rings is 11. The van der Waals surface area contributed by atoms with Gasteiger partial charge >= 0.3 is 0 Å². The number of rotatable bonds is 8. The van der Waals surface area contributed by atoms with Crippen LogP contribution in [0.1, 0.15) is 22.3 Å². The van der Waals surface area contributed by atoms with Gasteiger partial charge in [-0.15, -0.1) is 0 Å². The van der Waals surface area contributed by atoms with Gasteiger partial charge in [0.1, 0.15) is 11.5 Å². The van der Waals surface area contributed by atoms with Crippen LogP contribution in [0.4, 0.5) is 34.1 Å². The predicted octanol–water partition coefficient (Wildman–Crippen LogP) is 17.6. The van der Waals surface area contributed by atoms with E-state index >= 15 is 0 Å². The Kier molecular flexibility index (Phi) is 10.1. The van der Waals surface area contributed by atoms with Gasteiger partial charge < -0.3 is 14.5 Å². The van der Waals surface area contributed by atoms with Crippen LogP contribution in [0.3, 0.4) is 0 Å². The summed E-state index contributed by atoms with van der Waals surface area (Å²) in [6.07, 6.45) is 0. The lowest BCUT2D eigenvalue weighted by molar-refractivity contribution is 0.437. The fourth-order valence-electron chi connectivity index (χ4n) is 12.0. The number of fused-ring (bicyclic) bond motifs is 16. The molecular formula is C67H56N2OSi2. The number of ether oxygens (including phenoxy) is 1. The van der Waals surface area contributed by atoms with Crippen LogP contribution in [0.5, 0.6) is 11.5 Å². The minimum absolute atomic E-state index is 0.769. The van der Waals surface area contributed by atoms with Gasteiger partial charge in [0.15, 0.2) is 0 Å². The highest BCUT2D eigenvalue weighted by molar-refractivity contribution is 6.89. The largest absolute Gasteiger partial charge is 0.457 e. The van der Waals surface area contributed by atoms with E-state index in [4.69, 9.17) is 4.74 Å². The van der Waals surface area contributed by atoms with Crippen LogP contribution in [0.15, 0.2) is 231 Å². The molecule has 0 radical (unpaired) electrons. The molecule has 0 saturated heterocycles. The lowest BCUT2D eigenvalue weighted by Crippen LogP contribution is -2.37. The van der Waals surface area contributed by atoms with Crippen molar-refractivity contribution in [2.24, 2.45) is 0 Å². The second-order valence-corrected chi connectivity index (χ2v) is 31.8. The molecule has 0 bridgehead atoms. The van der Waals surface area contributed by atoms with E-state index in [9.17, 15) is 0 Å². The first kappa shape index (κ1) is 44.0. The van der Waals surface area contributed by atoms with Gasteiger partial charge in [-0.25, -0.2) is 0 Å². The van der Waals surface area contributed by atoms with E-state index in [1.807, 2.05) is 0 Å². The number of nitrogens with zero attached hydrogens (tertiary/aromatic N) is 2. The Bertz CT molecular complexity index is 3870. The second-order valence-electron chi connectivity index (χ2n) is 21.7. The lowest BCUT2D eigenvalue weighted by atomic mass is 9.64. The summed E-state index contributed by atoms with van der Waals surface area (Å²) in [5, 5.41) is 10.2. The zero-order chi connectivity index (χ0) is 48.9. The first-order valence-electron chi connectivity index (χ1n) is 25.3. The van der Waals surface area contributed by atoms with Crippen LogP contribution >= 0.6 is 0 Å². The van der Waals surface area contributed by atoms with Crippen molar-refractivity contribution in [3.05, 3.63) is 253 Å². The molecule has 348 valence electrons. The smallest absolute Gasteiger partial charge is 0.132 e. The van der Waals surface area contributed by atoms with Crippen molar-refractivity contribution in [2.45, 2.75) is 44.7 Å². The molecule has 2 aliphatic rings. The van der Waals surface area contributed by atoms with Gasteiger partial charge in [0, 0.05) is 45.0 Å². The molecule has 1 aliphatic heterocycles. The van der Waals surface area contributed by atoms with Crippen LogP contribution in [0.25, 0.3) is 43.4 Å². The summed E-state index contributed by atoms with van der Waals surface area (Å²) in [4.78, 5) is 4.91. The molecule has 0 unspecified atom stereocenters. The molecule has 0 saturated carbocycles. The van der Waals surface area contributed by atoms with Crippen molar-refractivity contribution < 1.29 is 4.74 Å². The third-order valence-corrected chi connectivity index (χ3v) is 19.5. The van der Waals surface area contributed by atoms with Gasteiger partial charge in [-0.2, -0.15) is 0 Å². The van der Waals surface area contributed by atoms with E-state index in [-0.39, 0.29) is 0 Å². The summed E-state index contributed by atoms with van der Waals surface area (Å²) in [5.41, 5.74) is 13.4. The molecule has 3 nitrogen and oxygen atoms in total. The number of para-hydroxylation sites is 4. The van der Waals surface area contributed by atoms with E-state index in [0.717, 1.165) is 56.8 Å². The van der Waals surface area contributed by atoms with Crippen molar-refractivity contribution in [3.63, 3.8) is 0 Å². The zero-order valence-electron chi connectivity index (χ0n) is 41.7. The molecule has 13 rings (SSSR count). The minimum Gasteiger partial charge on any atom is -0.457 e. The molecular weight excluding hydrogens is 905 g/mol. The Morgan fingerprint density at radius 3 is 1.31 bits per heavy atom. The van der Waals surface area contributed by atoms with Crippen molar-refractivity contribution in [2.75, 3.05) is 9.80 Å². The molecule has 0 atom stereocenters. The van der Waals surface area contributed by atoms with Crippen molar-refractivity contribution in [1.82, 2.24) is 0 Å². The van der Waals surface area contributed by atoms with Crippen molar-refractivity contribution in [1.29, 1.82) is 0 Å². The fraction of sp³-hybridized carbons (Fsp3) is 0.104. The zero-order valence-corrected chi connectivity index (χ0v) is 43.7. The van der Waals surface area contributed by atoms with Gasteiger partial charge in [-0.05, 0) is 128 Å². The topological polar surface area (TPSA) is 15.7 Å². The normalized spacial score (nSPS) is 13.4. The van der Waals surface area contributed by atoms with Gasteiger partial charge in [0.05, 0.1) is 27.3 Å². The number of anilines is 6. The van der Waals surface area contributed by atoms with Gasteiger partial charge in [-0.3, -0.25) is 0 Å². The maximum Gasteiger partial charge on any atom is 0.132 e. The van der Waals surface area contributed by atoms with Crippen LogP contribution in [0.2, 0.25) is 39.3 Å². The van der Waals surface area contributed by atoms with E-state index in [1.165, 1.54) is 64.9 Å². The molecule has 0 N–H and O–H groups in total. The Hall–Kier alpha value is -7.97. The molecule has 1 aliphatic carbocycles. The monoisotopic (exact) mass is 960 g/mol. The Balaban J connectivity index is 1.16. The van der Waals surface area contributed by atoms with Crippen LogP contribution in [-0.2, 0) is 5.41 Å². The third-order valence-electron chi connectivity index (χ3n) is 15.4. The van der Waals surface area contributed by atoms with E-state index in [1.54, 1.807) is 0 Å². The SMILES string of the molecule is C[Si](C)(C)c1ccc(N(c2ccccc2)c2ccc3c4c(c5ccccc5c3c2)-c2c(cc(N(c3ccccc3)c3ccc([Si](C)(C)C)cc3)c3ccccc23)C42c3ccccc3Oc3ccccc32)cc1. The van der Waals surface area contributed by atoms with E-state index < -0.39 is 21.6 Å². The molecule has 0 amide bonds. The van der Waals surface area contributed by atoms with E-state index in [2.05, 4.69) is 280 Å². The molecule has 5 heteroatoms. The first-order chi connectivity index (χ1) is 35.0. The highest BCUT2D eigenvalue weighted by Gasteiger charge is 2.53. The summed E-state index contributed by atoms with van der Waals surface area (Å²) >= 11 is 0. The maximum atomic E-state index is 7.00. The Morgan fingerprint density at radius 1 is 0.319 bits per heavy atom. The van der Waals surface area contributed by atoms with Crippen LogP contribution < -0.4 is 24.9 Å². The quantitative estimate of drug-likeness (QED) is 0.111. The van der Waals surface area contributed by atoms with Crippen molar-refractivity contribution >= 4 is 93.0 Å². The summed E-state index contributed by atoms with van der Waals surface area (Å²) in [7, 11) is -3.09. The average molecular weight is 961 g/mol. The van der Waals surface area contributed by atoms with Gasteiger partial charge in [0.25, 0.3) is 0 Å². The van der Waals surface area contributed by atoms with Crippen molar-refractivity contribution in [3.8, 4) is 22.6 Å². The molecule has 0 aromatic heterocycles. The molecule has 11 aromatic rings. The standard InChI is InChI=1S/C67H56N2OSi2/c1-71(2,3)50-38-33-47(34-39-50)68(45-21-9-7-10-22-45)49-37-42-56-57(43-49)52-25-13-15-27-54(52)65-64-55-28-16-14-26-53(55)61(69(46-23-11-8-12-24-46)48-35-40-51(41-36-48)72(4,5)6)44-60(64)67(66(56)65)58-29-17-19-31-62(58)70-63-32-20-18-30-59(63)67/h7-44H,1-6H3. The molecule has 1 heterocycles. The Labute approximate surface area is 425 Å². The maximum absolute atomic E-state index is 7.00. The Morgan fingerprint density at radius 2 is 0.750 bits per heavy atom. The fourth-order valence-corrected chi connectivity index (χ4v) is 14.3. The molecule has 11 aromatic carbocycles. The first-order valence-corrected chi connectivity index (χ1v) is 32.3. The lowest BCUT2D eigenvalue weighted by Gasteiger charge is -2.40. The average Bonchev–Trinajstić information content (AvgIpc) is 3.71. The third kappa shape index (κ3) is 6.75.